The standard InChI is InChI=1S/C37H60N7O2P/c1-5-7-9-10-11-12-13-14-15-16-17-18-19-22-30-29-43(42-41-30)26-20-21-27-46-44-34(23-8-6-2)40-35-36(44)32-25-24-31(47(3,4)45)28-33(32)39-37(35)38/h24-25,28-29H,5-23,26-27H2,1-4H3,(H2,38,39). The summed E-state index contributed by atoms with van der Waals surface area (Å²) in [6.45, 7) is 9.36. The van der Waals surface area contributed by atoms with Crippen molar-refractivity contribution in [3.05, 3.63) is 35.9 Å². The van der Waals surface area contributed by atoms with Crippen LogP contribution in [0.25, 0.3) is 21.9 Å². The summed E-state index contributed by atoms with van der Waals surface area (Å²) < 4.78 is 16.6. The van der Waals surface area contributed by atoms with Gasteiger partial charge in [-0.15, -0.1) is 5.10 Å². The molecular formula is C37H60N7O2P. The first-order chi connectivity index (χ1) is 22.8. The highest BCUT2D eigenvalue weighted by Gasteiger charge is 2.20. The van der Waals surface area contributed by atoms with Crippen LogP contribution in [0.5, 0.6) is 0 Å². The molecule has 0 spiro atoms. The molecule has 2 N–H and O–H groups in total. The van der Waals surface area contributed by atoms with Crippen molar-refractivity contribution in [2.24, 2.45) is 0 Å². The third-order valence-electron chi connectivity index (χ3n) is 9.12. The van der Waals surface area contributed by atoms with E-state index in [1.54, 1.807) is 13.3 Å². The molecule has 3 aromatic heterocycles. The van der Waals surface area contributed by atoms with Crippen LogP contribution in [0.4, 0.5) is 5.82 Å². The van der Waals surface area contributed by atoms with Crippen molar-refractivity contribution in [3.8, 4) is 0 Å². The number of aryl methyl sites for hydroxylation is 3. The molecule has 0 aliphatic heterocycles. The zero-order valence-electron chi connectivity index (χ0n) is 29.7. The number of anilines is 1. The summed E-state index contributed by atoms with van der Waals surface area (Å²) in [4.78, 5) is 15.9. The summed E-state index contributed by atoms with van der Waals surface area (Å²) in [5, 5.41) is 10.5. The molecule has 47 heavy (non-hydrogen) atoms. The molecule has 0 aliphatic rings. The summed E-state index contributed by atoms with van der Waals surface area (Å²) in [6.07, 6.45) is 25.6. The van der Waals surface area contributed by atoms with Gasteiger partial charge in [0.25, 0.3) is 0 Å². The van der Waals surface area contributed by atoms with Crippen LogP contribution in [0.3, 0.4) is 0 Å². The summed E-state index contributed by atoms with van der Waals surface area (Å²) >= 11 is 0. The van der Waals surface area contributed by atoms with Gasteiger partial charge in [-0.3, -0.25) is 4.68 Å². The first-order valence-corrected chi connectivity index (χ1v) is 21.1. The highest BCUT2D eigenvalue weighted by molar-refractivity contribution is 7.70. The van der Waals surface area contributed by atoms with Gasteiger partial charge >= 0.3 is 0 Å². The largest absolute Gasteiger partial charge is 0.412 e. The third-order valence-corrected chi connectivity index (χ3v) is 10.6. The second-order valence-electron chi connectivity index (χ2n) is 13.7. The average Bonchev–Trinajstić information content (AvgIpc) is 3.66. The molecule has 260 valence electrons. The lowest BCUT2D eigenvalue weighted by atomic mass is 10.0. The number of nitrogen functional groups attached to an aromatic ring is 1. The number of benzene rings is 1. The summed E-state index contributed by atoms with van der Waals surface area (Å²) in [6, 6.07) is 5.79. The maximum absolute atomic E-state index is 12.7. The number of unbranched alkanes of at least 4 members (excludes halogenated alkanes) is 14. The van der Waals surface area contributed by atoms with Crippen molar-refractivity contribution in [2.45, 2.75) is 142 Å². The van der Waals surface area contributed by atoms with Crippen LogP contribution in [0.15, 0.2) is 24.4 Å². The van der Waals surface area contributed by atoms with Crippen LogP contribution in [0.1, 0.15) is 135 Å². The number of nitrogens with two attached hydrogens (primary N) is 1. The molecule has 4 aromatic rings. The minimum atomic E-state index is -2.43. The second kappa shape index (κ2) is 19.2. The van der Waals surface area contributed by atoms with E-state index in [0.717, 1.165) is 72.8 Å². The van der Waals surface area contributed by atoms with Crippen molar-refractivity contribution >= 4 is 40.2 Å². The number of hydrogen-bond donors (Lipinski definition) is 1. The Morgan fingerprint density at radius 1 is 0.787 bits per heavy atom. The zero-order valence-corrected chi connectivity index (χ0v) is 30.6. The summed E-state index contributed by atoms with van der Waals surface area (Å²) in [7, 11) is -2.43. The number of nitrogens with zero attached hydrogens (tertiary/aromatic N) is 6. The van der Waals surface area contributed by atoms with Crippen molar-refractivity contribution in [1.82, 2.24) is 29.7 Å². The topological polar surface area (TPSA) is 114 Å². The molecule has 0 saturated carbocycles. The van der Waals surface area contributed by atoms with Gasteiger partial charge in [0, 0.05) is 29.9 Å². The van der Waals surface area contributed by atoms with Gasteiger partial charge in [-0.1, -0.05) is 109 Å². The first-order valence-electron chi connectivity index (χ1n) is 18.5. The molecule has 0 unspecified atom stereocenters. The van der Waals surface area contributed by atoms with Crippen LogP contribution in [-0.4, -0.2) is 49.6 Å². The predicted molar refractivity (Wildman–Crippen MR) is 197 cm³/mol. The molecule has 9 nitrogen and oxygen atoms in total. The Hall–Kier alpha value is -2.93. The van der Waals surface area contributed by atoms with Crippen molar-refractivity contribution < 1.29 is 9.40 Å². The van der Waals surface area contributed by atoms with Gasteiger partial charge in [-0.25, -0.2) is 9.97 Å². The second-order valence-corrected chi connectivity index (χ2v) is 16.9. The van der Waals surface area contributed by atoms with Gasteiger partial charge in [0.15, 0.2) is 5.82 Å². The van der Waals surface area contributed by atoms with E-state index < -0.39 is 7.14 Å². The molecule has 0 fully saturated rings. The number of fused-ring (bicyclic) bond motifs is 3. The van der Waals surface area contributed by atoms with Gasteiger partial charge in [-0.2, -0.15) is 4.73 Å². The Balaban J connectivity index is 1.20. The normalized spacial score (nSPS) is 12.1. The van der Waals surface area contributed by atoms with Crippen LogP contribution >= 0.6 is 7.14 Å². The lowest BCUT2D eigenvalue weighted by Crippen LogP contribution is -2.17. The fourth-order valence-corrected chi connectivity index (χ4v) is 7.11. The molecular weight excluding hydrogens is 605 g/mol. The maximum Gasteiger partial charge on any atom is 0.152 e. The molecule has 0 saturated heterocycles. The monoisotopic (exact) mass is 665 g/mol. The smallest absolute Gasteiger partial charge is 0.152 e. The molecule has 4 rings (SSSR count). The molecule has 0 aliphatic carbocycles. The van der Waals surface area contributed by atoms with Gasteiger partial charge in [0.2, 0.25) is 0 Å². The lowest BCUT2D eigenvalue weighted by molar-refractivity contribution is 0.108. The minimum Gasteiger partial charge on any atom is -0.412 e. The van der Waals surface area contributed by atoms with Crippen molar-refractivity contribution in [2.75, 3.05) is 25.7 Å². The minimum absolute atomic E-state index is 0.368. The highest BCUT2D eigenvalue weighted by Crippen LogP contribution is 2.37. The van der Waals surface area contributed by atoms with E-state index in [0.29, 0.717) is 23.5 Å². The van der Waals surface area contributed by atoms with Crippen LogP contribution in [0, 0.1) is 0 Å². The van der Waals surface area contributed by atoms with Crippen LogP contribution < -0.4 is 15.9 Å². The number of pyridine rings is 1. The van der Waals surface area contributed by atoms with Crippen LogP contribution in [0.2, 0.25) is 0 Å². The van der Waals surface area contributed by atoms with Gasteiger partial charge in [0.05, 0.1) is 11.2 Å². The Morgan fingerprint density at radius 2 is 1.45 bits per heavy atom. The molecule has 0 atom stereocenters. The Kier molecular flexibility index (Phi) is 15.0. The molecule has 0 amide bonds. The summed E-state index contributed by atoms with van der Waals surface area (Å²) in [5.41, 5.74) is 9.70. The Labute approximate surface area is 282 Å². The molecule has 3 heterocycles. The van der Waals surface area contributed by atoms with Gasteiger partial charge in [-0.05, 0) is 57.6 Å². The van der Waals surface area contributed by atoms with Crippen molar-refractivity contribution in [1.29, 1.82) is 0 Å². The Bertz CT molecular complexity index is 1560. The number of aromatic nitrogens is 6. The quantitative estimate of drug-likeness (QED) is 0.0587. The SMILES string of the molecule is CCCCCCCCCCCCCCCc1cn(CCCCOn2c(CCCC)nc3c(N)nc4cc(P(C)(C)=O)ccc4c32)nn1. The molecule has 0 radical (unpaired) electrons. The molecule has 10 heteroatoms. The maximum atomic E-state index is 12.7. The van der Waals surface area contributed by atoms with Gasteiger partial charge in [0.1, 0.15) is 30.6 Å². The summed E-state index contributed by atoms with van der Waals surface area (Å²) in [5.74, 6) is 1.23. The van der Waals surface area contributed by atoms with E-state index in [1.807, 2.05) is 27.6 Å². The number of rotatable bonds is 24. The van der Waals surface area contributed by atoms with Gasteiger partial charge < -0.3 is 15.1 Å². The lowest BCUT2D eigenvalue weighted by Gasteiger charge is -2.13. The van der Waals surface area contributed by atoms with E-state index in [2.05, 4.69) is 35.3 Å². The third kappa shape index (κ3) is 11.3. The highest BCUT2D eigenvalue weighted by atomic mass is 31.2. The molecule has 1 aromatic carbocycles. The van der Waals surface area contributed by atoms with E-state index in [-0.39, 0.29) is 0 Å². The number of hydrogen-bond acceptors (Lipinski definition) is 7. The fourth-order valence-electron chi connectivity index (χ4n) is 6.25. The fraction of sp³-hybridized carbons (Fsp3) is 0.676. The van der Waals surface area contributed by atoms with E-state index in [9.17, 15) is 4.57 Å². The first kappa shape index (κ1) is 36.9. The van der Waals surface area contributed by atoms with E-state index in [4.69, 9.17) is 15.6 Å². The number of imidazole rings is 1. The predicted octanol–water partition coefficient (Wildman–Crippen LogP) is 8.89. The van der Waals surface area contributed by atoms with Crippen LogP contribution in [-0.2, 0) is 24.0 Å². The van der Waals surface area contributed by atoms with E-state index >= 15 is 0 Å². The zero-order chi connectivity index (χ0) is 33.5. The Morgan fingerprint density at radius 3 is 2.11 bits per heavy atom. The van der Waals surface area contributed by atoms with E-state index in [1.165, 1.54) is 83.5 Å². The molecule has 0 bridgehead atoms. The van der Waals surface area contributed by atoms with Crippen molar-refractivity contribution in [3.63, 3.8) is 0 Å². The average molecular weight is 666 g/mol.